The number of H-pyrrole nitrogens is 1. The number of hydrogen-bond donors (Lipinski definition) is 4. The van der Waals surface area contributed by atoms with Gasteiger partial charge in [0.2, 0.25) is 0 Å². The van der Waals surface area contributed by atoms with Gasteiger partial charge in [-0.25, -0.2) is 4.39 Å². The van der Waals surface area contributed by atoms with Crippen LogP contribution >= 0.6 is 0 Å². The minimum atomic E-state index is -1.09. The number of nitriles is 1. The molecule has 5 rings (SSSR count). The second-order valence-corrected chi connectivity index (χ2v) is 12.4. The maximum atomic E-state index is 14.5. The van der Waals surface area contributed by atoms with Crippen molar-refractivity contribution in [3.05, 3.63) is 41.2 Å². The van der Waals surface area contributed by atoms with Crippen LogP contribution in [0.2, 0.25) is 0 Å². The van der Waals surface area contributed by atoms with Crippen LogP contribution in [0.5, 0.6) is 0 Å². The summed E-state index contributed by atoms with van der Waals surface area (Å²) < 4.78 is 14.5. The lowest BCUT2D eigenvalue weighted by Gasteiger charge is -2.53. The highest BCUT2D eigenvalue weighted by Crippen LogP contribution is 2.53. The van der Waals surface area contributed by atoms with Crippen molar-refractivity contribution < 1.29 is 4.39 Å². The van der Waals surface area contributed by atoms with Gasteiger partial charge in [-0.2, -0.15) is 10.4 Å². The van der Waals surface area contributed by atoms with E-state index in [9.17, 15) is 4.39 Å². The number of aromatic nitrogens is 2. The smallest absolute Gasteiger partial charge is 0.124 e. The van der Waals surface area contributed by atoms with Gasteiger partial charge in [0.05, 0.1) is 23.5 Å². The van der Waals surface area contributed by atoms with Gasteiger partial charge in [-0.3, -0.25) is 9.98 Å². The molecule has 2 aromatic heterocycles. The predicted molar refractivity (Wildman–Crippen MR) is 157 cm³/mol. The zero-order chi connectivity index (χ0) is 28.3. The van der Waals surface area contributed by atoms with Gasteiger partial charge in [0, 0.05) is 41.1 Å². The van der Waals surface area contributed by atoms with E-state index >= 15 is 0 Å². The van der Waals surface area contributed by atoms with Crippen LogP contribution in [0.4, 0.5) is 10.1 Å². The van der Waals surface area contributed by atoms with Crippen LogP contribution in [0.1, 0.15) is 77.5 Å². The van der Waals surface area contributed by atoms with Crippen LogP contribution in [0.3, 0.4) is 0 Å². The number of hydrogen-bond acceptors (Lipinski definition) is 7. The highest BCUT2D eigenvalue weighted by Gasteiger charge is 2.46. The summed E-state index contributed by atoms with van der Waals surface area (Å²) in [5, 5.41) is 24.4. The third-order valence-electron chi connectivity index (χ3n) is 8.34. The summed E-state index contributed by atoms with van der Waals surface area (Å²) in [6.45, 7) is 7.97. The van der Waals surface area contributed by atoms with Gasteiger partial charge in [0.15, 0.2) is 0 Å². The number of halogens is 1. The molecule has 206 valence electrons. The lowest BCUT2D eigenvalue weighted by atomic mass is 9.58. The number of nitrogens with zero attached hydrogens (tertiary/aromatic N) is 4. The Bertz CT molecular complexity index is 1310. The van der Waals surface area contributed by atoms with E-state index < -0.39 is 11.6 Å². The summed E-state index contributed by atoms with van der Waals surface area (Å²) in [6, 6.07) is 7.72. The SMILES string of the molecule is CC12CCC(Nc3cc(-c4ccc(/C=C(/C#N)C=N)[nH]4)ncc3/C(C=NCC(F)C(C)(C)C)=N/N)(CC1)CC2. The fourth-order valence-electron chi connectivity index (χ4n) is 5.35. The van der Waals surface area contributed by atoms with Crippen molar-refractivity contribution in [1.29, 1.82) is 10.7 Å². The number of hydrazone groups is 1. The Morgan fingerprint density at radius 3 is 2.56 bits per heavy atom. The van der Waals surface area contributed by atoms with E-state index in [4.69, 9.17) is 16.5 Å². The second-order valence-electron chi connectivity index (χ2n) is 12.4. The molecule has 1 atom stereocenters. The Hall–Kier alpha value is -3.80. The van der Waals surface area contributed by atoms with Crippen molar-refractivity contribution in [2.24, 2.45) is 26.8 Å². The molecule has 3 aliphatic carbocycles. The Balaban J connectivity index is 1.68. The van der Waals surface area contributed by atoms with Gasteiger partial charge in [-0.05, 0) is 73.6 Å². The van der Waals surface area contributed by atoms with Gasteiger partial charge in [0.25, 0.3) is 0 Å². The summed E-state index contributed by atoms with van der Waals surface area (Å²) in [5.74, 6) is 5.82. The normalized spacial score (nSPS) is 24.5. The Morgan fingerprint density at radius 2 is 1.97 bits per heavy atom. The largest absolute Gasteiger partial charge is 0.379 e. The average Bonchev–Trinajstić information content (AvgIpc) is 3.39. The minimum absolute atomic E-state index is 0.00640. The minimum Gasteiger partial charge on any atom is -0.379 e. The molecule has 0 saturated heterocycles. The number of rotatable bonds is 9. The molecule has 2 aromatic rings. The summed E-state index contributed by atoms with van der Waals surface area (Å²) in [6.07, 6.45) is 11.7. The summed E-state index contributed by atoms with van der Waals surface area (Å²) in [4.78, 5) is 12.3. The van der Waals surface area contributed by atoms with Gasteiger partial charge >= 0.3 is 0 Å². The molecule has 3 saturated carbocycles. The van der Waals surface area contributed by atoms with Gasteiger partial charge in [-0.15, -0.1) is 0 Å². The van der Waals surface area contributed by atoms with Gasteiger partial charge in [0.1, 0.15) is 18.0 Å². The fourth-order valence-corrected chi connectivity index (χ4v) is 5.35. The van der Waals surface area contributed by atoms with Crippen LogP contribution in [-0.4, -0.2) is 46.4 Å². The van der Waals surface area contributed by atoms with Crippen molar-refractivity contribution in [3.8, 4) is 17.5 Å². The van der Waals surface area contributed by atoms with Crippen LogP contribution in [0, 0.1) is 27.6 Å². The van der Waals surface area contributed by atoms with Crippen molar-refractivity contribution in [2.45, 2.75) is 77.9 Å². The maximum absolute atomic E-state index is 14.5. The predicted octanol–water partition coefficient (Wildman–Crippen LogP) is 6.28. The molecule has 1 unspecified atom stereocenters. The first-order chi connectivity index (χ1) is 18.5. The van der Waals surface area contributed by atoms with E-state index in [-0.39, 0.29) is 17.7 Å². The summed E-state index contributed by atoms with van der Waals surface area (Å²) >= 11 is 0. The Kier molecular flexibility index (Phi) is 8.05. The number of aromatic amines is 1. The molecule has 0 aromatic carbocycles. The molecule has 8 nitrogen and oxygen atoms in total. The van der Waals surface area contributed by atoms with E-state index in [0.29, 0.717) is 28.1 Å². The van der Waals surface area contributed by atoms with Crippen molar-refractivity contribution in [3.63, 3.8) is 0 Å². The molecule has 0 amide bonds. The van der Waals surface area contributed by atoms with Gasteiger partial charge in [-0.1, -0.05) is 27.7 Å². The maximum Gasteiger partial charge on any atom is 0.124 e. The number of nitrogens with two attached hydrogens (primary N) is 1. The molecule has 0 aliphatic heterocycles. The number of fused-ring (bicyclic) bond motifs is 3. The quantitative estimate of drug-likeness (QED) is 0.131. The molecule has 39 heavy (non-hydrogen) atoms. The van der Waals surface area contributed by atoms with E-state index in [2.05, 4.69) is 32.3 Å². The van der Waals surface area contributed by atoms with Crippen LogP contribution < -0.4 is 11.2 Å². The summed E-state index contributed by atoms with van der Waals surface area (Å²) in [7, 11) is 0. The van der Waals surface area contributed by atoms with Crippen LogP contribution in [0.15, 0.2) is 40.1 Å². The Morgan fingerprint density at radius 1 is 1.28 bits per heavy atom. The first kappa shape index (κ1) is 28.2. The first-order valence-electron chi connectivity index (χ1n) is 13.5. The lowest BCUT2D eigenvalue weighted by Crippen LogP contribution is -2.50. The molecule has 3 aliphatic rings. The topological polar surface area (TPSA) is 139 Å². The van der Waals surface area contributed by atoms with Crippen molar-refractivity contribution >= 4 is 29.9 Å². The van der Waals surface area contributed by atoms with Gasteiger partial charge < -0.3 is 21.6 Å². The molecular formula is C30H39FN8. The number of allylic oxidation sites excluding steroid dienone is 1. The van der Waals surface area contributed by atoms with Crippen LogP contribution in [-0.2, 0) is 0 Å². The second kappa shape index (κ2) is 11.1. The summed E-state index contributed by atoms with van der Waals surface area (Å²) in [5.41, 5.74) is 4.39. The van der Waals surface area contributed by atoms with E-state index in [1.54, 1.807) is 12.3 Å². The first-order valence-corrected chi connectivity index (χ1v) is 13.5. The zero-order valence-corrected chi connectivity index (χ0v) is 23.3. The molecule has 0 radical (unpaired) electrons. The standard InChI is InChI=1S/C30H39FN8/c1-28(2,3)27(31)19-35-18-26(39-34)22-17-36-25(23-6-5-21(37-23)13-20(15-32)16-33)14-24(22)38-30-10-7-29(4,8-11-30)9-12-30/h5-6,13-15,17-18,27,32,37H,7-12,19,34H2,1-4H3,(H,36,38)/b20-13+,32-15?,35-18?,39-26+. The van der Waals surface area contributed by atoms with E-state index in [1.807, 2.05) is 45.0 Å². The van der Waals surface area contributed by atoms with Crippen molar-refractivity contribution in [2.75, 3.05) is 11.9 Å². The monoisotopic (exact) mass is 530 g/mol. The molecule has 3 fully saturated rings. The van der Waals surface area contributed by atoms with Crippen molar-refractivity contribution in [1.82, 2.24) is 9.97 Å². The third-order valence-corrected chi connectivity index (χ3v) is 8.34. The average molecular weight is 531 g/mol. The highest BCUT2D eigenvalue weighted by atomic mass is 19.1. The number of anilines is 1. The number of pyridine rings is 1. The van der Waals surface area contributed by atoms with E-state index in [0.717, 1.165) is 36.9 Å². The Labute approximate surface area is 230 Å². The number of nitrogens with one attached hydrogen (secondary N) is 3. The molecule has 2 heterocycles. The molecule has 5 N–H and O–H groups in total. The number of alkyl halides is 1. The van der Waals surface area contributed by atoms with Crippen LogP contribution in [0.25, 0.3) is 17.5 Å². The lowest BCUT2D eigenvalue weighted by molar-refractivity contribution is 0.0723. The van der Waals surface area contributed by atoms with E-state index in [1.165, 1.54) is 25.5 Å². The molecule has 0 spiro atoms. The highest BCUT2D eigenvalue weighted by molar-refractivity contribution is 6.39. The number of aliphatic imine (C=N–C) groups is 1. The zero-order valence-electron chi connectivity index (χ0n) is 23.3. The molecule has 9 heteroatoms. The third kappa shape index (κ3) is 6.44. The molecule has 2 bridgehead atoms. The fraction of sp³-hybridized carbons (Fsp3) is 0.500. The molecular weight excluding hydrogens is 491 g/mol.